The Morgan fingerprint density at radius 1 is 1.15 bits per heavy atom. The molecule has 1 N–H and O–H groups in total. The van der Waals surface area contributed by atoms with Crippen LogP contribution >= 0.6 is 0 Å². The average Bonchev–Trinajstić information content (AvgIpc) is 3.19. The SMILES string of the molecule is CCCOc1ccccc1C(=O)Nc1ccc(OCC2CCCO2)cc1. The van der Waals surface area contributed by atoms with Gasteiger partial charge in [-0.3, -0.25) is 4.79 Å². The minimum atomic E-state index is -0.190. The zero-order valence-corrected chi connectivity index (χ0v) is 15.1. The predicted octanol–water partition coefficient (Wildman–Crippen LogP) is 4.29. The smallest absolute Gasteiger partial charge is 0.259 e. The summed E-state index contributed by atoms with van der Waals surface area (Å²) in [4.78, 5) is 12.5. The lowest BCUT2D eigenvalue weighted by atomic mass is 10.2. The summed E-state index contributed by atoms with van der Waals surface area (Å²) in [5, 5.41) is 2.90. The Bertz CT molecular complexity index is 708. The van der Waals surface area contributed by atoms with E-state index in [4.69, 9.17) is 14.2 Å². The molecule has 0 radical (unpaired) electrons. The summed E-state index contributed by atoms with van der Waals surface area (Å²) in [5.41, 5.74) is 1.24. The van der Waals surface area contributed by atoms with Crippen LogP contribution in [0.4, 0.5) is 5.69 Å². The fourth-order valence-electron chi connectivity index (χ4n) is 2.79. The van der Waals surface area contributed by atoms with Crippen LogP contribution < -0.4 is 14.8 Å². The van der Waals surface area contributed by atoms with E-state index >= 15 is 0 Å². The lowest BCUT2D eigenvalue weighted by Gasteiger charge is -2.13. The summed E-state index contributed by atoms with van der Waals surface area (Å²) in [7, 11) is 0. The van der Waals surface area contributed by atoms with Crippen LogP contribution in [-0.2, 0) is 4.74 Å². The first kappa shape index (κ1) is 18.3. The van der Waals surface area contributed by atoms with Crippen LogP contribution in [-0.4, -0.2) is 31.8 Å². The van der Waals surface area contributed by atoms with E-state index in [1.165, 1.54) is 0 Å². The summed E-state index contributed by atoms with van der Waals surface area (Å²) >= 11 is 0. The Kier molecular flexibility index (Phi) is 6.50. The summed E-state index contributed by atoms with van der Waals surface area (Å²) in [5.74, 6) is 1.18. The Morgan fingerprint density at radius 2 is 1.96 bits per heavy atom. The van der Waals surface area contributed by atoms with Gasteiger partial charge in [0.05, 0.1) is 18.3 Å². The maximum atomic E-state index is 12.5. The normalized spacial score (nSPS) is 16.3. The number of nitrogens with one attached hydrogen (secondary N) is 1. The van der Waals surface area contributed by atoms with Crippen molar-refractivity contribution in [3.63, 3.8) is 0 Å². The van der Waals surface area contributed by atoms with Crippen LogP contribution in [0.3, 0.4) is 0 Å². The monoisotopic (exact) mass is 355 g/mol. The van der Waals surface area contributed by atoms with Gasteiger partial charge in [0.1, 0.15) is 18.1 Å². The first-order chi connectivity index (χ1) is 12.8. The molecule has 0 saturated carbocycles. The van der Waals surface area contributed by atoms with Crippen LogP contribution in [0.5, 0.6) is 11.5 Å². The van der Waals surface area contributed by atoms with E-state index in [2.05, 4.69) is 5.32 Å². The Balaban J connectivity index is 1.57. The molecule has 2 aromatic rings. The lowest BCUT2D eigenvalue weighted by molar-refractivity contribution is 0.0679. The van der Waals surface area contributed by atoms with Gasteiger partial charge in [-0.2, -0.15) is 0 Å². The lowest BCUT2D eigenvalue weighted by Crippen LogP contribution is -2.16. The molecule has 26 heavy (non-hydrogen) atoms. The van der Waals surface area contributed by atoms with Crippen molar-refractivity contribution in [3.05, 3.63) is 54.1 Å². The molecule has 1 aliphatic rings. The standard InChI is InChI=1S/C21H25NO4/c1-2-13-25-20-8-4-3-7-19(20)21(23)22-16-9-11-17(12-10-16)26-15-18-6-5-14-24-18/h3-4,7-12,18H,2,5-6,13-15H2,1H3,(H,22,23). The molecule has 1 amide bonds. The van der Waals surface area contributed by atoms with Gasteiger partial charge in [-0.15, -0.1) is 0 Å². The number of carbonyl (C=O) groups excluding carboxylic acids is 1. The van der Waals surface area contributed by atoms with E-state index in [1.54, 1.807) is 6.07 Å². The van der Waals surface area contributed by atoms with Gasteiger partial charge in [-0.1, -0.05) is 19.1 Å². The highest BCUT2D eigenvalue weighted by atomic mass is 16.5. The third kappa shape index (κ3) is 4.99. The molecule has 0 aromatic heterocycles. The number of amides is 1. The van der Waals surface area contributed by atoms with Gasteiger partial charge in [0.15, 0.2) is 0 Å². The highest BCUT2D eigenvalue weighted by Crippen LogP contribution is 2.22. The molecule has 1 aliphatic heterocycles. The minimum Gasteiger partial charge on any atom is -0.493 e. The van der Waals surface area contributed by atoms with Crippen LogP contribution in [0.1, 0.15) is 36.5 Å². The van der Waals surface area contributed by atoms with Crippen LogP contribution in [0.25, 0.3) is 0 Å². The average molecular weight is 355 g/mol. The zero-order valence-electron chi connectivity index (χ0n) is 15.1. The highest BCUT2D eigenvalue weighted by Gasteiger charge is 2.16. The molecule has 1 fully saturated rings. The number of anilines is 1. The number of ether oxygens (including phenoxy) is 3. The van der Waals surface area contributed by atoms with Gasteiger partial charge in [0, 0.05) is 12.3 Å². The molecule has 0 spiro atoms. The molecular formula is C21H25NO4. The predicted molar refractivity (Wildman–Crippen MR) is 101 cm³/mol. The third-order valence-corrected chi connectivity index (χ3v) is 4.17. The molecule has 1 atom stereocenters. The molecule has 138 valence electrons. The van der Waals surface area contributed by atoms with Gasteiger partial charge < -0.3 is 19.5 Å². The second kappa shape index (κ2) is 9.25. The third-order valence-electron chi connectivity index (χ3n) is 4.17. The molecule has 1 unspecified atom stereocenters. The van der Waals surface area contributed by atoms with Crippen molar-refractivity contribution in [1.82, 2.24) is 0 Å². The van der Waals surface area contributed by atoms with Crippen LogP contribution in [0, 0.1) is 0 Å². The van der Waals surface area contributed by atoms with Crippen molar-refractivity contribution in [2.75, 3.05) is 25.1 Å². The van der Waals surface area contributed by atoms with Crippen molar-refractivity contribution in [1.29, 1.82) is 0 Å². The molecular weight excluding hydrogens is 330 g/mol. The van der Waals surface area contributed by atoms with E-state index in [0.717, 1.165) is 31.6 Å². The second-order valence-corrected chi connectivity index (χ2v) is 6.27. The summed E-state index contributed by atoms with van der Waals surface area (Å²) in [6, 6.07) is 14.6. The van der Waals surface area contributed by atoms with Gasteiger partial charge in [-0.25, -0.2) is 0 Å². The molecule has 1 saturated heterocycles. The van der Waals surface area contributed by atoms with E-state index in [-0.39, 0.29) is 12.0 Å². The number of hydrogen-bond acceptors (Lipinski definition) is 4. The summed E-state index contributed by atoms with van der Waals surface area (Å²) < 4.78 is 16.9. The van der Waals surface area contributed by atoms with E-state index in [1.807, 2.05) is 49.4 Å². The summed E-state index contributed by atoms with van der Waals surface area (Å²) in [6.07, 6.45) is 3.23. The number of carbonyl (C=O) groups is 1. The van der Waals surface area contributed by atoms with E-state index in [0.29, 0.717) is 30.2 Å². The Labute approximate surface area is 154 Å². The summed E-state index contributed by atoms with van der Waals surface area (Å²) in [6.45, 7) is 4.00. The molecule has 5 nitrogen and oxygen atoms in total. The first-order valence-electron chi connectivity index (χ1n) is 9.14. The molecule has 0 aliphatic carbocycles. The molecule has 2 aromatic carbocycles. The second-order valence-electron chi connectivity index (χ2n) is 6.27. The quantitative estimate of drug-likeness (QED) is 0.768. The Morgan fingerprint density at radius 3 is 2.69 bits per heavy atom. The van der Waals surface area contributed by atoms with Crippen LogP contribution in [0.2, 0.25) is 0 Å². The zero-order chi connectivity index (χ0) is 18.2. The van der Waals surface area contributed by atoms with Gasteiger partial charge in [-0.05, 0) is 55.7 Å². The maximum Gasteiger partial charge on any atom is 0.259 e. The van der Waals surface area contributed by atoms with E-state index in [9.17, 15) is 4.79 Å². The van der Waals surface area contributed by atoms with Gasteiger partial charge in [0.25, 0.3) is 5.91 Å². The fraction of sp³-hybridized carbons (Fsp3) is 0.381. The van der Waals surface area contributed by atoms with Crippen molar-refractivity contribution in [3.8, 4) is 11.5 Å². The number of para-hydroxylation sites is 1. The number of rotatable bonds is 8. The van der Waals surface area contributed by atoms with Crippen molar-refractivity contribution < 1.29 is 19.0 Å². The van der Waals surface area contributed by atoms with Crippen LogP contribution in [0.15, 0.2) is 48.5 Å². The first-order valence-corrected chi connectivity index (χ1v) is 9.14. The number of hydrogen-bond donors (Lipinski definition) is 1. The van der Waals surface area contributed by atoms with Crippen molar-refractivity contribution >= 4 is 11.6 Å². The van der Waals surface area contributed by atoms with Crippen molar-refractivity contribution in [2.45, 2.75) is 32.3 Å². The van der Waals surface area contributed by atoms with Gasteiger partial charge in [0.2, 0.25) is 0 Å². The molecule has 3 rings (SSSR count). The van der Waals surface area contributed by atoms with E-state index < -0.39 is 0 Å². The van der Waals surface area contributed by atoms with Crippen molar-refractivity contribution in [2.24, 2.45) is 0 Å². The molecule has 5 heteroatoms. The number of benzene rings is 2. The molecule has 0 bridgehead atoms. The fourth-order valence-corrected chi connectivity index (χ4v) is 2.79. The molecule has 1 heterocycles. The largest absolute Gasteiger partial charge is 0.493 e. The maximum absolute atomic E-state index is 12.5. The highest BCUT2D eigenvalue weighted by molar-refractivity contribution is 6.06. The topological polar surface area (TPSA) is 56.8 Å². The minimum absolute atomic E-state index is 0.189. The van der Waals surface area contributed by atoms with Gasteiger partial charge >= 0.3 is 0 Å². The Hall–Kier alpha value is -2.53.